The molecule has 2 atom stereocenters. The van der Waals surface area contributed by atoms with Crippen LogP contribution in [0.4, 0.5) is 4.39 Å². The number of amides is 1. The summed E-state index contributed by atoms with van der Waals surface area (Å²) in [5, 5.41) is 10.4. The number of carbonyl (C=O) groups excluding carboxylic acids is 1. The molecule has 2 heterocycles. The van der Waals surface area contributed by atoms with Gasteiger partial charge in [0.05, 0.1) is 12.1 Å². The smallest absolute Gasteiger partial charge is 0.355 e. The SMILES string of the molecule is Cc1ccc(F)c(C(N)[C@H]2CCC(=O)N2CCSc2nc(C(=O)O)cs2)c1. The van der Waals surface area contributed by atoms with E-state index in [0.717, 1.165) is 5.56 Å². The summed E-state index contributed by atoms with van der Waals surface area (Å²) in [4.78, 5) is 28.9. The van der Waals surface area contributed by atoms with Crippen LogP contribution in [0.25, 0.3) is 0 Å². The Morgan fingerprint density at radius 2 is 2.33 bits per heavy atom. The van der Waals surface area contributed by atoms with Crippen molar-refractivity contribution in [1.29, 1.82) is 0 Å². The van der Waals surface area contributed by atoms with Gasteiger partial charge in [-0.2, -0.15) is 0 Å². The van der Waals surface area contributed by atoms with Crippen LogP contribution in [0.15, 0.2) is 27.9 Å². The van der Waals surface area contributed by atoms with Crippen molar-refractivity contribution in [1.82, 2.24) is 9.88 Å². The number of hydrogen-bond donors (Lipinski definition) is 2. The Hall–Kier alpha value is -1.97. The normalized spacial score (nSPS) is 18.1. The third kappa shape index (κ3) is 4.48. The number of nitrogens with zero attached hydrogens (tertiary/aromatic N) is 2. The molecule has 1 saturated heterocycles. The molecule has 1 aliphatic heterocycles. The summed E-state index contributed by atoms with van der Waals surface area (Å²) in [6.45, 7) is 2.33. The highest BCUT2D eigenvalue weighted by atomic mass is 32.2. The first-order chi connectivity index (χ1) is 12.9. The van der Waals surface area contributed by atoms with Gasteiger partial charge < -0.3 is 15.7 Å². The standard InChI is InChI=1S/C18H20FN3O3S2/c1-10-2-3-12(19)11(8-10)16(20)14-4-5-15(23)22(14)6-7-26-18-21-13(9-27-18)17(24)25/h2-3,8-9,14,16H,4-7,20H2,1H3,(H,24,25)/t14-,16?/m1/s1. The van der Waals surface area contributed by atoms with Crippen LogP contribution in [0.3, 0.4) is 0 Å². The molecule has 0 saturated carbocycles. The molecule has 1 amide bonds. The van der Waals surface area contributed by atoms with Crippen LogP contribution in [-0.2, 0) is 4.79 Å². The molecular weight excluding hydrogens is 389 g/mol. The van der Waals surface area contributed by atoms with E-state index in [2.05, 4.69) is 4.98 Å². The summed E-state index contributed by atoms with van der Waals surface area (Å²) in [6.07, 6.45) is 0.995. The van der Waals surface area contributed by atoms with Crippen LogP contribution in [-0.4, -0.2) is 45.2 Å². The number of carboxylic acid groups (broad SMARTS) is 1. The van der Waals surface area contributed by atoms with Crippen molar-refractivity contribution in [2.24, 2.45) is 5.73 Å². The zero-order valence-corrected chi connectivity index (χ0v) is 16.4. The van der Waals surface area contributed by atoms with E-state index in [-0.39, 0.29) is 23.5 Å². The predicted molar refractivity (Wildman–Crippen MR) is 103 cm³/mol. The topological polar surface area (TPSA) is 96.5 Å². The first kappa shape index (κ1) is 19.8. The van der Waals surface area contributed by atoms with E-state index in [9.17, 15) is 14.0 Å². The van der Waals surface area contributed by atoms with Gasteiger partial charge in [-0.3, -0.25) is 4.79 Å². The van der Waals surface area contributed by atoms with Crippen LogP contribution >= 0.6 is 23.1 Å². The Labute approximate surface area is 164 Å². The number of hydrogen-bond acceptors (Lipinski definition) is 6. The van der Waals surface area contributed by atoms with Gasteiger partial charge in [0, 0.05) is 29.7 Å². The van der Waals surface area contributed by atoms with Crippen LogP contribution < -0.4 is 5.73 Å². The van der Waals surface area contributed by atoms with E-state index in [0.29, 0.717) is 35.0 Å². The number of likely N-dealkylation sites (tertiary alicyclic amines) is 1. The van der Waals surface area contributed by atoms with E-state index in [1.807, 2.05) is 6.92 Å². The van der Waals surface area contributed by atoms with E-state index in [4.69, 9.17) is 10.8 Å². The van der Waals surface area contributed by atoms with E-state index in [1.54, 1.807) is 17.0 Å². The number of carbonyl (C=O) groups is 2. The summed E-state index contributed by atoms with van der Waals surface area (Å²) in [7, 11) is 0. The average Bonchev–Trinajstić information content (AvgIpc) is 3.24. The Morgan fingerprint density at radius 3 is 3.04 bits per heavy atom. The van der Waals surface area contributed by atoms with Gasteiger partial charge in [-0.25, -0.2) is 14.2 Å². The van der Waals surface area contributed by atoms with Gasteiger partial charge in [0.2, 0.25) is 5.91 Å². The largest absolute Gasteiger partial charge is 0.476 e. The highest BCUT2D eigenvalue weighted by Gasteiger charge is 2.36. The number of benzene rings is 1. The first-order valence-corrected chi connectivity index (χ1v) is 10.4. The number of rotatable bonds is 7. The number of aromatic nitrogens is 1. The third-order valence-corrected chi connectivity index (χ3v) is 6.56. The maximum atomic E-state index is 14.2. The number of aryl methyl sites for hydroxylation is 1. The second kappa shape index (κ2) is 8.37. The lowest BCUT2D eigenvalue weighted by molar-refractivity contribution is -0.128. The summed E-state index contributed by atoms with van der Waals surface area (Å²) in [6, 6.07) is 4.00. The van der Waals surface area contributed by atoms with Crippen molar-refractivity contribution >= 4 is 35.0 Å². The number of thiazole rings is 1. The summed E-state index contributed by atoms with van der Waals surface area (Å²) < 4.78 is 14.8. The van der Waals surface area contributed by atoms with Gasteiger partial charge in [-0.1, -0.05) is 29.5 Å². The number of halogens is 1. The number of thioether (sulfide) groups is 1. The molecule has 0 aliphatic carbocycles. The molecule has 3 N–H and O–H groups in total. The van der Waals surface area contributed by atoms with Gasteiger partial charge in [-0.15, -0.1) is 11.3 Å². The van der Waals surface area contributed by atoms with E-state index < -0.39 is 12.0 Å². The number of aromatic carboxylic acids is 1. The molecule has 2 aromatic rings. The molecule has 27 heavy (non-hydrogen) atoms. The number of carboxylic acids is 1. The van der Waals surface area contributed by atoms with Gasteiger partial charge in [0.15, 0.2) is 10.0 Å². The second-order valence-corrected chi connectivity index (χ2v) is 8.60. The highest BCUT2D eigenvalue weighted by molar-refractivity contribution is 8.01. The lowest BCUT2D eigenvalue weighted by Gasteiger charge is -2.30. The van der Waals surface area contributed by atoms with Crippen molar-refractivity contribution in [3.05, 3.63) is 46.2 Å². The second-order valence-electron chi connectivity index (χ2n) is 6.40. The Bertz CT molecular complexity index is 858. The maximum absolute atomic E-state index is 14.2. The number of nitrogens with two attached hydrogens (primary N) is 1. The zero-order chi connectivity index (χ0) is 19.6. The van der Waals surface area contributed by atoms with Crippen molar-refractivity contribution in [2.75, 3.05) is 12.3 Å². The highest BCUT2D eigenvalue weighted by Crippen LogP contribution is 2.31. The molecule has 0 spiro atoms. The predicted octanol–water partition coefficient (Wildman–Crippen LogP) is 3.07. The van der Waals surface area contributed by atoms with E-state index >= 15 is 0 Å². The lowest BCUT2D eigenvalue weighted by atomic mass is 9.96. The van der Waals surface area contributed by atoms with Crippen LogP contribution in [0.5, 0.6) is 0 Å². The van der Waals surface area contributed by atoms with Crippen LogP contribution in [0.2, 0.25) is 0 Å². The maximum Gasteiger partial charge on any atom is 0.355 e. The summed E-state index contributed by atoms with van der Waals surface area (Å²) >= 11 is 2.66. The van der Waals surface area contributed by atoms with Crippen LogP contribution in [0, 0.1) is 12.7 Å². The monoisotopic (exact) mass is 409 g/mol. The van der Waals surface area contributed by atoms with Gasteiger partial charge in [0.25, 0.3) is 0 Å². The molecular formula is C18H20FN3O3S2. The lowest BCUT2D eigenvalue weighted by Crippen LogP contribution is -2.41. The third-order valence-electron chi connectivity index (χ3n) is 4.56. The minimum atomic E-state index is -1.06. The minimum Gasteiger partial charge on any atom is -0.476 e. The Morgan fingerprint density at radius 1 is 1.56 bits per heavy atom. The minimum absolute atomic E-state index is 0.00877. The molecule has 0 radical (unpaired) electrons. The molecule has 1 aromatic carbocycles. The fourth-order valence-corrected chi connectivity index (χ4v) is 5.01. The van der Waals surface area contributed by atoms with Crippen molar-refractivity contribution < 1.29 is 19.1 Å². The van der Waals surface area contributed by atoms with Crippen molar-refractivity contribution in [2.45, 2.75) is 36.2 Å². The quantitative estimate of drug-likeness (QED) is 0.682. The van der Waals surface area contributed by atoms with Gasteiger partial charge in [-0.05, 0) is 19.4 Å². The fraction of sp³-hybridized carbons (Fsp3) is 0.389. The van der Waals surface area contributed by atoms with Crippen molar-refractivity contribution in [3.8, 4) is 0 Å². The average molecular weight is 410 g/mol. The molecule has 1 aliphatic rings. The Balaban J connectivity index is 1.65. The van der Waals surface area contributed by atoms with Crippen molar-refractivity contribution in [3.63, 3.8) is 0 Å². The molecule has 9 heteroatoms. The van der Waals surface area contributed by atoms with E-state index in [1.165, 1.54) is 34.5 Å². The Kier molecular flexibility index (Phi) is 6.13. The molecule has 144 valence electrons. The van der Waals surface area contributed by atoms with Gasteiger partial charge in [0.1, 0.15) is 5.82 Å². The molecule has 6 nitrogen and oxygen atoms in total. The summed E-state index contributed by atoms with van der Waals surface area (Å²) in [5.74, 6) is -0.836. The molecule has 0 bridgehead atoms. The molecule has 3 rings (SSSR count). The van der Waals surface area contributed by atoms with Gasteiger partial charge >= 0.3 is 5.97 Å². The first-order valence-electron chi connectivity index (χ1n) is 8.49. The van der Waals surface area contributed by atoms with Crippen LogP contribution in [0.1, 0.15) is 40.5 Å². The zero-order valence-electron chi connectivity index (χ0n) is 14.7. The molecule has 1 aromatic heterocycles. The molecule has 1 unspecified atom stereocenters. The molecule has 1 fully saturated rings. The fourth-order valence-electron chi connectivity index (χ4n) is 3.20. The summed E-state index contributed by atoms with van der Waals surface area (Å²) in [5.41, 5.74) is 7.70.